The topological polar surface area (TPSA) is 53.4 Å². The first-order chi connectivity index (χ1) is 13.5. The highest BCUT2D eigenvalue weighted by Crippen LogP contribution is 2.36. The lowest BCUT2D eigenvalue weighted by atomic mass is 9.89. The normalized spacial score (nSPS) is 16.9. The minimum absolute atomic E-state index is 0.0984. The molecular weight excluding hydrogens is 348 g/mol. The molecule has 1 saturated heterocycles. The van der Waals surface area contributed by atoms with Gasteiger partial charge in [0.2, 0.25) is 0 Å². The number of hydrogen-bond acceptors (Lipinski definition) is 3. The number of aliphatic carboxylic acids is 1. The summed E-state index contributed by atoms with van der Waals surface area (Å²) in [4.78, 5) is 18.4. The number of para-hydroxylation sites is 1. The maximum Gasteiger partial charge on any atom is 0.306 e. The molecule has 28 heavy (non-hydrogen) atoms. The summed E-state index contributed by atoms with van der Waals surface area (Å²) in [7, 11) is 0. The van der Waals surface area contributed by atoms with Gasteiger partial charge < -0.3 is 5.11 Å². The Morgan fingerprint density at radius 2 is 1.75 bits per heavy atom. The van der Waals surface area contributed by atoms with Gasteiger partial charge in [-0.05, 0) is 63.0 Å². The zero-order chi connectivity index (χ0) is 19.7. The smallest absolute Gasteiger partial charge is 0.306 e. The van der Waals surface area contributed by atoms with E-state index in [1.807, 2.05) is 18.3 Å². The van der Waals surface area contributed by atoms with Crippen LogP contribution < -0.4 is 0 Å². The Hall–Kier alpha value is -2.72. The second-order valence-electron chi connectivity index (χ2n) is 7.89. The average molecular weight is 374 g/mol. The number of likely N-dealkylation sites (tertiary alicyclic amines) is 1. The Kier molecular flexibility index (Phi) is 5.14. The van der Waals surface area contributed by atoms with Crippen LogP contribution in [0.4, 0.5) is 0 Å². The van der Waals surface area contributed by atoms with Gasteiger partial charge in [0, 0.05) is 11.6 Å². The number of rotatable bonds is 4. The van der Waals surface area contributed by atoms with Crippen molar-refractivity contribution >= 4 is 16.9 Å². The Labute approximate surface area is 165 Å². The Morgan fingerprint density at radius 3 is 2.43 bits per heavy atom. The molecule has 0 bridgehead atoms. The summed E-state index contributed by atoms with van der Waals surface area (Å²) in [6.07, 6.45) is 3.27. The molecule has 1 atom stereocenters. The predicted molar refractivity (Wildman–Crippen MR) is 111 cm³/mol. The van der Waals surface area contributed by atoms with E-state index in [-0.39, 0.29) is 12.0 Å². The second-order valence-corrected chi connectivity index (χ2v) is 7.89. The largest absolute Gasteiger partial charge is 0.481 e. The van der Waals surface area contributed by atoms with Crippen molar-refractivity contribution < 1.29 is 9.90 Å². The highest BCUT2D eigenvalue weighted by atomic mass is 16.4. The van der Waals surface area contributed by atoms with E-state index in [4.69, 9.17) is 0 Å². The minimum atomic E-state index is -0.669. The predicted octanol–water partition coefficient (Wildman–Crippen LogP) is 4.74. The average Bonchev–Trinajstić information content (AvgIpc) is 2.68. The second kappa shape index (κ2) is 7.72. The van der Waals surface area contributed by atoms with E-state index >= 15 is 0 Å². The van der Waals surface area contributed by atoms with Crippen LogP contribution in [0.15, 0.2) is 54.7 Å². The first-order valence-corrected chi connectivity index (χ1v) is 9.91. The van der Waals surface area contributed by atoms with Crippen molar-refractivity contribution in [3.63, 3.8) is 0 Å². The van der Waals surface area contributed by atoms with Gasteiger partial charge >= 0.3 is 5.97 Å². The van der Waals surface area contributed by atoms with E-state index in [0.717, 1.165) is 24.0 Å². The van der Waals surface area contributed by atoms with E-state index in [1.165, 1.54) is 22.3 Å². The summed E-state index contributed by atoms with van der Waals surface area (Å²) in [5.41, 5.74) is 6.00. The molecule has 1 N–H and O–H groups in total. The maximum atomic E-state index is 11.4. The minimum Gasteiger partial charge on any atom is -0.481 e. The van der Waals surface area contributed by atoms with Gasteiger partial charge in [0.1, 0.15) is 0 Å². The SMILES string of the molecule is Cc1cc(C)cc(C(c2ccnc3ccccc23)N2CCC(C(=O)O)CC2)c1. The molecule has 1 aromatic heterocycles. The number of nitrogens with zero attached hydrogens (tertiary/aromatic N) is 2. The summed E-state index contributed by atoms with van der Waals surface area (Å²) >= 11 is 0. The molecule has 4 rings (SSSR count). The molecule has 0 radical (unpaired) electrons. The highest BCUT2D eigenvalue weighted by molar-refractivity contribution is 5.82. The van der Waals surface area contributed by atoms with Crippen molar-refractivity contribution in [3.05, 3.63) is 77.0 Å². The molecule has 1 aliphatic rings. The molecule has 4 heteroatoms. The zero-order valence-corrected chi connectivity index (χ0v) is 16.4. The number of carbonyl (C=O) groups is 1. The summed E-state index contributed by atoms with van der Waals surface area (Å²) < 4.78 is 0. The number of pyridine rings is 1. The number of aryl methyl sites for hydroxylation is 2. The summed E-state index contributed by atoms with van der Waals surface area (Å²) in [6, 6.07) is 17.2. The summed E-state index contributed by atoms with van der Waals surface area (Å²) in [6.45, 7) is 5.83. The zero-order valence-electron chi connectivity index (χ0n) is 16.4. The molecule has 0 saturated carbocycles. The maximum absolute atomic E-state index is 11.4. The van der Waals surface area contributed by atoms with Crippen molar-refractivity contribution in [2.75, 3.05) is 13.1 Å². The quantitative estimate of drug-likeness (QED) is 0.717. The molecule has 0 amide bonds. The van der Waals surface area contributed by atoms with Crippen LogP contribution in [0.25, 0.3) is 10.9 Å². The van der Waals surface area contributed by atoms with E-state index in [9.17, 15) is 9.90 Å². The van der Waals surface area contributed by atoms with Crippen LogP contribution in [0.3, 0.4) is 0 Å². The number of carboxylic acids is 1. The number of benzene rings is 2. The number of hydrogen-bond donors (Lipinski definition) is 1. The molecule has 1 aliphatic heterocycles. The standard InChI is InChI=1S/C24H26N2O2/c1-16-13-17(2)15-19(14-16)23(26-11-8-18(9-12-26)24(27)28)21-7-10-25-22-6-4-3-5-20(21)22/h3-7,10,13-15,18,23H,8-9,11-12H2,1-2H3,(H,27,28). The molecule has 144 valence electrons. The fraction of sp³-hybridized carbons (Fsp3) is 0.333. The lowest BCUT2D eigenvalue weighted by molar-refractivity contribution is -0.143. The van der Waals surface area contributed by atoms with Gasteiger partial charge in [-0.25, -0.2) is 0 Å². The molecule has 1 unspecified atom stereocenters. The van der Waals surface area contributed by atoms with Crippen molar-refractivity contribution in [1.82, 2.24) is 9.88 Å². The van der Waals surface area contributed by atoms with Gasteiger partial charge in [-0.1, -0.05) is 47.5 Å². The van der Waals surface area contributed by atoms with Gasteiger partial charge in [-0.2, -0.15) is 0 Å². The van der Waals surface area contributed by atoms with Crippen molar-refractivity contribution in [2.24, 2.45) is 5.92 Å². The molecule has 3 aromatic rings. The highest BCUT2D eigenvalue weighted by Gasteiger charge is 2.31. The fourth-order valence-corrected chi connectivity index (χ4v) is 4.52. The summed E-state index contributed by atoms with van der Waals surface area (Å²) in [5, 5.41) is 10.5. The first kappa shape index (κ1) is 18.6. The van der Waals surface area contributed by atoms with Crippen LogP contribution in [-0.4, -0.2) is 34.0 Å². The van der Waals surface area contributed by atoms with Crippen LogP contribution in [0.5, 0.6) is 0 Å². The monoisotopic (exact) mass is 374 g/mol. The molecule has 2 aromatic carbocycles. The van der Waals surface area contributed by atoms with Gasteiger partial charge in [-0.15, -0.1) is 0 Å². The summed E-state index contributed by atoms with van der Waals surface area (Å²) in [5.74, 6) is -0.901. The van der Waals surface area contributed by atoms with Crippen molar-refractivity contribution in [1.29, 1.82) is 0 Å². The third-order valence-corrected chi connectivity index (χ3v) is 5.78. The number of aromatic nitrogens is 1. The molecule has 0 aliphatic carbocycles. The van der Waals surface area contributed by atoms with Crippen LogP contribution in [-0.2, 0) is 4.79 Å². The van der Waals surface area contributed by atoms with Crippen molar-refractivity contribution in [3.8, 4) is 0 Å². The van der Waals surface area contributed by atoms with E-state index in [2.05, 4.69) is 60.1 Å². The van der Waals surface area contributed by atoms with Gasteiger partial charge in [0.05, 0.1) is 17.5 Å². The van der Waals surface area contributed by atoms with Gasteiger partial charge in [0.25, 0.3) is 0 Å². The third kappa shape index (κ3) is 3.65. The van der Waals surface area contributed by atoms with Crippen LogP contribution in [0, 0.1) is 19.8 Å². The first-order valence-electron chi connectivity index (χ1n) is 9.91. The Balaban J connectivity index is 1.81. The van der Waals surface area contributed by atoms with Crippen LogP contribution in [0.2, 0.25) is 0 Å². The number of piperidine rings is 1. The number of carboxylic acid groups (broad SMARTS) is 1. The van der Waals surface area contributed by atoms with Gasteiger partial charge in [-0.3, -0.25) is 14.7 Å². The lowest BCUT2D eigenvalue weighted by Gasteiger charge is -2.37. The van der Waals surface area contributed by atoms with E-state index in [1.54, 1.807) is 0 Å². The molecule has 0 spiro atoms. The third-order valence-electron chi connectivity index (χ3n) is 5.78. The van der Waals surface area contributed by atoms with Crippen LogP contribution >= 0.6 is 0 Å². The molecular formula is C24H26N2O2. The molecule has 1 fully saturated rings. The van der Waals surface area contributed by atoms with Crippen LogP contribution in [0.1, 0.15) is 41.1 Å². The van der Waals surface area contributed by atoms with E-state index in [0.29, 0.717) is 12.8 Å². The number of fused-ring (bicyclic) bond motifs is 1. The van der Waals surface area contributed by atoms with E-state index < -0.39 is 5.97 Å². The van der Waals surface area contributed by atoms with Crippen molar-refractivity contribution in [2.45, 2.75) is 32.7 Å². The fourth-order valence-electron chi connectivity index (χ4n) is 4.52. The Morgan fingerprint density at radius 1 is 1.07 bits per heavy atom. The molecule has 4 nitrogen and oxygen atoms in total. The lowest BCUT2D eigenvalue weighted by Crippen LogP contribution is -2.39. The Bertz CT molecular complexity index is 981. The van der Waals surface area contributed by atoms with Gasteiger partial charge in [0.15, 0.2) is 0 Å². The molecule has 2 heterocycles.